The number of halogens is 1. The predicted molar refractivity (Wildman–Crippen MR) is 77.9 cm³/mol. The van der Waals surface area contributed by atoms with Crippen LogP contribution in [-0.2, 0) is 7.05 Å². The van der Waals surface area contributed by atoms with E-state index in [4.69, 9.17) is 5.73 Å². The predicted octanol–water partition coefficient (Wildman–Crippen LogP) is 2.62. The largest absolute Gasteiger partial charge is 0.396 e. The van der Waals surface area contributed by atoms with E-state index in [-0.39, 0.29) is 0 Å². The van der Waals surface area contributed by atoms with Crippen molar-refractivity contribution in [2.75, 3.05) is 5.73 Å². The molecule has 0 unspecified atom stereocenters. The molecule has 6 heteroatoms. The summed E-state index contributed by atoms with van der Waals surface area (Å²) in [6.07, 6.45) is 3.54. The van der Waals surface area contributed by atoms with Crippen molar-refractivity contribution in [3.8, 4) is 17.1 Å². The van der Waals surface area contributed by atoms with E-state index >= 15 is 0 Å². The highest BCUT2D eigenvalue weighted by Crippen LogP contribution is 2.25. The third kappa shape index (κ3) is 2.15. The molecule has 2 N–H and O–H groups in total. The summed E-state index contributed by atoms with van der Waals surface area (Å²) in [4.78, 5) is 0. The maximum Gasteiger partial charge on any atom is 0.134 e. The average Bonchev–Trinajstić information content (AvgIpc) is 2.95. The summed E-state index contributed by atoms with van der Waals surface area (Å²) in [6.45, 7) is 0. The van der Waals surface area contributed by atoms with E-state index in [0.717, 1.165) is 21.5 Å². The summed E-state index contributed by atoms with van der Waals surface area (Å²) in [5, 5.41) is 8.67. The van der Waals surface area contributed by atoms with Gasteiger partial charge in [0.05, 0.1) is 23.3 Å². The number of aryl methyl sites for hydroxylation is 1. The minimum Gasteiger partial charge on any atom is -0.396 e. The van der Waals surface area contributed by atoms with E-state index in [0.29, 0.717) is 5.69 Å². The van der Waals surface area contributed by atoms with Crippen molar-refractivity contribution in [1.29, 1.82) is 0 Å². The van der Waals surface area contributed by atoms with Gasteiger partial charge in [-0.3, -0.25) is 4.68 Å². The molecule has 0 spiro atoms. The quantitative estimate of drug-likeness (QED) is 0.790. The molecule has 0 fully saturated rings. The summed E-state index contributed by atoms with van der Waals surface area (Å²) in [7, 11) is 1.87. The molecule has 0 atom stereocenters. The number of anilines is 1. The molecule has 5 nitrogen and oxygen atoms in total. The third-order valence-electron chi connectivity index (χ3n) is 2.88. The van der Waals surface area contributed by atoms with Crippen LogP contribution in [0.1, 0.15) is 0 Å². The van der Waals surface area contributed by atoms with Gasteiger partial charge in [0.1, 0.15) is 5.69 Å². The fourth-order valence-electron chi connectivity index (χ4n) is 1.94. The fraction of sp³-hybridized carbons (Fsp3) is 0.0769. The van der Waals surface area contributed by atoms with Gasteiger partial charge in [-0.1, -0.05) is 22.0 Å². The molecule has 19 heavy (non-hydrogen) atoms. The van der Waals surface area contributed by atoms with Crippen molar-refractivity contribution in [2.24, 2.45) is 7.05 Å². The van der Waals surface area contributed by atoms with Gasteiger partial charge >= 0.3 is 0 Å². The first-order valence-corrected chi connectivity index (χ1v) is 6.54. The average molecular weight is 318 g/mol. The number of hydrogen-bond acceptors (Lipinski definition) is 3. The molecule has 0 aliphatic heterocycles. The van der Waals surface area contributed by atoms with Crippen LogP contribution in [0, 0.1) is 0 Å². The molecule has 0 radical (unpaired) electrons. The van der Waals surface area contributed by atoms with E-state index in [2.05, 4.69) is 26.1 Å². The van der Waals surface area contributed by atoms with Gasteiger partial charge in [-0.05, 0) is 24.3 Å². The number of aromatic nitrogens is 4. The van der Waals surface area contributed by atoms with Crippen molar-refractivity contribution < 1.29 is 0 Å². The summed E-state index contributed by atoms with van der Waals surface area (Å²) in [5.41, 5.74) is 9.25. The molecule has 1 aromatic carbocycles. The molecule has 2 heterocycles. The van der Waals surface area contributed by atoms with Gasteiger partial charge in [-0.15, -0.1) is 0 Å². The van der Waals surface area contributed by atoms with Crippen LogP contribution >= 0.6 is 15.9 Å². The number of nitrogens with two attached hydrogens (primary N) is 1. The number of nitrogens with zero attached hydrogens (tertiary/aromatic N) is 4. The second kappa shape index (κ2) is 4.55. The smallest absolute Gasteiger partial charge is 0.134 e. The van der Waals surface area contributed by atoms with Crippen molar-refractivity contribution >= 4 is 21.6 Å². The van der Waals surface area contributed by atoms with Gasteiger partial charge in [0.25, 0.3) is 0 Å². The maximum absolute atomic E-state index is 6.04. The Kier molecular flexibility index (Phi) is 2.87. The van der Waals surface area contributed by atoms with Crippen LogP contribution in [0.5, 0.6) is 0 Å². The fourth-order valence-corrected chi connectivity index (χ4v) is 2.33. The number of rotatable bonds is 2. The molecule has 0 aliphatic carbocycles. The number of benzene rings is 1. The summed E-state index contributed by atoms with van der Waals surface area (Å²) >= 11 is 3.45. The highest BCUT2D eigenvalue weighted by Gasteiger charge is 2.12. The molecule has 0 saturated carbocycles. The van der Waals surface area contributed by atoms with Gasteiger partial charge in [0.2, 0.25) is 0 Å². The minimum atomic E-state index is 0.628. The van der Waals surface area contributed by atoms with Crippen LogP contribution in [0.2, 0.25) is 0 Å². The molecule has 0 amide bonds. The third-order valence-corrected chi connectivity index (χ3v) is 3.37. The Labute approximate surface area is 118 Å². The Morgan fingerprint density at radius 2 is 2.11 bits per heavy atom. The van der Waals surface area contributed by atoms with Gasteiger partial charge in [0, 0.05) is 17.7 Å². The van der Waals surface area contributed by atoms with Crippen LogP contribution in [0.15, 0.2) is 47.2 Å². The highest BCUT2D eigenvalue weighted by atomic mass is 79.9. The Hall–Kier alpha value is -2.08. The topological polar surface area (TPSA) is 61.7 Å². The first-order valence-electron chi connectivity index (χ1n) is 5.74. The van der Waals surface area contributed by atoms with E-state index in [1.807, 2.05) is 43.6 Å². The molecule has 0 saturated heterocycles. The van der Waals surface area contributed by atoms with Crippen LogP contribution in [0.4, 0.5) is 5.69 Å². The Balaban J connectivity index is 2.10. The van der Waals surface area contributed by atoms with Crippen molar-refractivity contribution in [1.82, 2.24) is 19.6 Å². The SMILES string of the molecule is Cn1nccc1-c1nn(-c2cccc(Br)c2)cc1N. The maximum atomic E-state index is 6.04. The van der Waals surface area contributed by atoms with Crippen LogP contribution < -0.4 is 5.73 Å². The normalized spacial score (nSPS) is 10.8. The lowest BCUT2D eigenvalue weighted by atomic mass is 10.3. The zero-order chi connectivity index (χ0) is 13.4. The standard InChI is InChI=1S/C13H12BrN5/c1-18-12(5-6-16-18)13-11(15)8-19(17-13)10-4-2-3-9(14)7-10/h2-8H,15H2,1H3. The second-order valence-corrected chi connectivity index (χ2v) is 5.11. The van der Waals surface area contributed by atoms with Crippen molar-refractivity contribution in [2.45, 2.75) is 0 Å². The molecule has 0 bridgehead atoms. The van der Waals surface area contributed by atoms with Crippen LogP contribution in [-0.4, -0.2) is 19.6 Å². The zero-order valence-corrected chi connectivity index (χ0v) is 11.9. The van der Waals surface area contributed by atoms with Gasteiger partial charge < -0.3 is 5.73 Å². The number of nitrogen functional groups attached to an aromatic ring is 1. The van der Waals surface area contributed by atoms with Gasteiger partial charge in [-0.25, -0.2) is 4.68 Å². The van der Waals surface area contributed by atoms with Gasteiger partial charge in [0.15, 0.2) is 0 Å². The van der Waals surface area contributed by atoms with Crippen LogP contribution in [0.25, 0.3) is 17.1 Å². The van der Waals surface area contributed by atoms with E-state index in [9.17, 15) is 0 Å². The summed E-state index contributed by atoms with van der Waals surface area (Å²) < 4.78 is 4.52. The highest BCUT2D eigenvalue weighted by molar-refractivity contribution is 9.10. The van der Waals surface area contributed by atoms with Gasteiger partial charge in [-0.2, -0.15) is 10.2 Å². The van der Waals surface area contributed by atoms with Crippen molar-refractivity contribution in [3.63, 3.8) is 0 Å². The minimum absolute atomic E-state index is 0.628. The molecule has 0 aliphatic rings. The molecular formula is C13H12BrN5. The first kappa shape index (κ1) is 12.0. The Morgan fingerprint density at radius 3 is 2.79 bits per heavy atom. The molecule has 96 valence electrons. The monoisotopic (exact) mass is 317 g/mol. The summed E-state index contributed by atoms with van der Waals surface area (Å²) in [6, 6.07) is 9.78. The number of hydrogen-bond donors (Lipinski definition) is 1. The lowest BCUT2D eigenvalue weighted by Crippen LogP contribution is -1.97. The molecule has 3 aromatic rings. The lowest BCUT2D eigenvalue weighted by Gasteiger charge is -2.01. The lowest BCUT2D eigenvalue weighted by molar-refractivity contribution is 0.769. The second-order valence-electron chi connectivity index (χ2n) is 4.20. The molecule has 2 aromatic heterocycles. The Morgan fingerprint density at radius 1 is 1.26 bits per heavy atom. The van der Waals surface area contributed by atoms with E-state index in [1.165, 1.54) is 0 Å². The molecular weight excluding hydrogens is 306 g/mol. The van der Waals surface area contributed by atoms with E-state index in [1.54, 1.807) is 15.6 Å². The molecule has 3 rings (SSSR count). The Bertz CT molecular complexity index is 728. The van der Waals surface area contributed by atoms with E-state index < -0.39 is 0 Å². The first-order chi connectivity index (χ1) is 9.15. The van der Waals surface area contributed by atoms with Crippen LogP contribution in [0.3, 0.4) is 0 Å². The summed E-state index contributed by atoms with van der Waals surface area (Å²) in [5.74, 6) is 0. The van der Waals surface area contributed by atoms with Crippen molar-refractivity contribution in [3.05, 3.63) is 47.2 Å². The zero-order valence-electron chi connectivity index (χ0n) is 10.3.